The van der Waals surface area contributed by atoms with Gasteiger partial charge in [0.05, 0.1) is 11.7 Å². The molecule has 1 unspecified atom stereocenters. The normalized spacial score (nSPS) is 21.4. The summed E-state index contributed by atoms with van der Waals surface area (Å²) in [6.45, 7) is 5.99. The molecule has 82 valence electrons. The van der Waals surface area contributed by atoms with Crippen LogP contribution in [0.2, 0.25) is 0 Å². The maximum absolute atomic E-state index is 9.84. The maximum atomic E-state index is 9.84. The molecule has 1 atom stereocenters. The van der Waals surface area contributed by atoms with E-state index in [1.54, 1.807) is 7.11 Å². The van der Waals surface area contributed by atoms with E-state index in [1.807, 2.05) is 0 Å². The van der Waals surface area contributed by atoms with Crippen LogP contribution >= 0.6 is 0 Å². The molecule has 0 radical (unpaired) electrons. The van der Waals surface area contributed by atoms with Crippen molar-refractivity contribution in [3.8, 4) is 0 Å². The number of methoxy groups -OCH3 is 1. The highest BCUT2D eigenvalue weighted by Crippen LogP contribution is 2.39. The molecule has 0 aromatic rings. The number of aliphatic hydroxyl groups excluding tert-OH is 1. The second kappa shape index (κ2) is 4.94. The molecule has 0 aromatic carbocycles. The Hall–Kier alpha value is -0.340. The number of rotatable bonds is 6. The summed E-state index contributed by atoms with van der Waals surface area (Å²) in [5, 5.41) is 9.84. The third kappa shape index (κ3) is 2.82. The van der Waals surface area contributed by atoms with Gasteiger partial charge in [0.2, 0.25) is 0 Å². The lowest BCUT2D eigenvalue weighted by atomic mass is 9.75. The Morgan fingerprint density at radius 1 is 1.57 bits per heavy atom. The molecule has 0 spiro atoms. The van der Waals surface area contributed by atoms with Crippen molar-refractivity contribution in [2.24, 2.45) is 0 Å². The Balaban J connectivity index is 2.31. The van der Waals surface area contributed by atoms with Gasteiger partial charge in [-0.3, -0.25) is 0 Å². The number of aliphatic hydroxyl groups is 1. The van der Waals surface area contributed by atoms with Gasteiger partial charge in [0.15, 0.2) is 0 Å². The molecule has 2 nitrogen and oxygen atoms in total. The fourth-order valence-corrected chi connectivity index (χ4v) is 2.04. The average Bonchev–Trinajstić information content (AvgIpc) is 2.11. The monoisotopic (exact) mass is 198 g/mol. The molecule has 2 heteroatoms. The van der Waals surface area contributed by atoms with Crippen LogP contribution < -0.4 is 0 Å². The van der Waals surface area contributed by atoms with Crippen molar-refractivity contribution < 1.29 is 9.84 Å². The fraction of sp³-hybridized carbons (Fsp3) is 0.833. The minimum Gasteiger partial charge on any atom is -0.393 e. The van der Waals surface area contributed by atoms with Crippen LogP contribution in [-0.2, 0) is 4.74 Å². The zero-order chi connectivity index (χ0) is 10.6. The van der Waals surface area contributed by atoms with Crippen LogP contribution in [0, 0.1) is 0 Å². The summed E-state index contributed by atoms with van der Waals surface area (Å²) >= 11 is 0. The largest absolute Gasteiger partial charge is 0.393 e. The summed E-state index contributed by atoms with van der Waals surface area (Å²) < 4.78 is 5.47. The maximum Gasteiger partial charge on any atom is 0.0703 e. The molecule has 1 rings (SSSR count). The molecule has 0 aromatic heterocycles. The average molecular weight is 198 g/mol. The van der Waals surface area contributed by atoms with Crippen molar-refractivity contribution >= 4 is 0 Å². The van der Waals surface area contributed by atoms with E-state index in [9.17, 15) is 5.11 Å². The minimum absolute atomic E-state index is 0.0204. The van der Waals surface area contributed by atoms with Crippen LogP contribution in [0.25, 0.3) is 0 Å². The first-order valence-electron chi connectivity index (χ1n) is 5.52. The number of ether oxygens (including phenoxy) is 1. The predicted molar refractivity (Wildman–Crippen MR) is 58.3 cm³/mol. The molecule has 0 saturated heterocycles. The fourth-order valence-electron chi connectivity index (χ4n) is 2.04. The summed E-state index contributed by atoms with van der Waals surface area (Å²) in [4.78, 5) is 0. The molecule has 14 heavy (non-hydrogen) atoms. The molecule has 1 aliphatic rings. The Bertz CT molecular complexity index is 189. The van der Waals surface area contributed by atoms with E-state index in [1.165, 1.54) is 6.42 Å². The van der Waals surface area contributed by atoms with E-state index in [4.69, 9.17) is 4.74 Å². The van der Waals surface area contributed by atoms with Crippen molar-refractivity contribution in [2.75, 3.05) is 7.11 Å². The SMILES string of the molecule is C=C(CC)CC(O)CC1(OC)CCC1. The first kappa shape index (κ1) is 11.7. The standard InChI is InChI=1S/C12H22O2/c1-4-10(2)8-11(13)9-12(14-3)6-5-7-12/h11,13H,2,4-9H2,1,3H3. The molecular weight excluding hydrogens is 176 g/mol. The Kier molecular flexibility index (Phi) is 4.14. The van der Waals surface area contributed by atoms with Crippen molar-refractivity contribution in [2.45, 2.75) is 57.2 Å². The molecule has 0 aliphatic heterocycles. The highest BCUT2D eigenvalue weighted by molar-refractivity contribution is 4.98. The molecule has 0 amide bonds. The van der Waals surface area contributed by atoms with Crippen molar-refractivity contribution in [1.82, 2.24) is 0 Å². The van der Waals surface area contributed by atoms with E-state index < -0.39 is 0 Å². The molecule has 1 fully saturated rings. The van der Waals surface area contributed by atoms with Gasteiger partial charge in [-0.15, -0.1) is 0 Å². The van der Waals surface area contributed by atoms with Gasteiger partial charge in [-0.1, -0.05) is 19.1 Å². The van der Waals surface area contributed by atoms with Crippen LogP contribution in [-0.4, -0.2) is 23.9 Å². The van der Waals surface area contributed by atoms with Crippen molar-refractivity contribution in [3.63, 3.8) is 0 Å². The van der Waals surface area contributed by atoms with Gasteiger partial charge in [0.1, 0.15) is 0 Å². The first-order chi connectivity index (χ1) is 6.62. The highest BCUT2D eigenvalue weighted by Gasteiger charge is 2.38. The first-order valence-corrected chi connectivity index (χ1v) is 5.52. The molecule has 1 saturated carbocycles. The zero-order valence-electron chi connectivity index (χ0n) is 9.38. The van der Waals surface area contributed by atoms with E-state index in [-0.39, 0.29) is 11.7 Å². The second-order valence-electron chi connectivity index (χ2n) is 4.41. The topological polar surface area (TPSA) is 29.5 Å². The summed E-state index contributed by atoms with van der Waals surface area (Å²) in [6, 6.07) is 0. The predicted octanol–water partition coefficient (Wildman–Crippen LogP) is 2.66. The van der Waals surface area contributed by atoms with Gasteiger partial charge in [-0.05, 0) is 32.1 Å². The lowest BCUT2D eigenvalue weighted by Crippen LogP contribution is -2.42. The lowest BCUT2D eigenvalue weighted by molar-refractivity contribution is -0.0989. The Morgan fingerprint density at radius 2 is 2.21 bits per heavy atom. The van der Waals surface area contributed by atoms with E-state index in [2.05, 4.69) is 13.5 Å². The number of hydrogen-bond donors (Lipinski definition) is 1. The van der Waals surface area contributed by atoms with Gasteiger partial charge in [0, 0.05) is 13.5 Å². The van der Waals surface area contributed by atoms with E-state index >= 15 is 0 Å². The third-order valence-electron chi connectivity index (χ3n) is 3.33. The molecule has 1 N–H and O–H groups in total. The third-order valence-corrected chi connectivity index (χ3v) is 3.33. The van der Waals surface area contributed by atoms with E-state index in [0.717, 1.165) is 37.7 Å². The van der Waals surface area contributed by atoms with Gasteiger partial charge >= 0.3 is 0 Å². The summed E-state index contributed by atoms with van der Waals surface area (Å²) in [6.07, 6.45) is 5.59. The molecule has 0 heterocycles. The summed E-state index contributed by atoms with van der Waals surface area (Å²) in [5.74, 6) is 0. The minimum atomic E-state index is -0.275. The second-order valence-corrected chi connectivity index (χ2v) is 4.41. The quantitative estimate of drug-likeness (QED) is 0.665. The van der Waals surface area contributed by atoms with Gasteiger partial charge < -0.3 is 9.84 Å². The highest BCUT2D eigenvalue weighted by atomic mass is 16.5. The van der Waals surface area contributed by atoms with Gasteiger partial charge in [0.25, 0.3) is 0 Å². The van der Waals surface area contributed by atoms with Gasteiger partial charge in [-0.2, -0.15) is 0 Å². The Labute approximate surface area is 87.0 Å². The van der Waals surface area contributed by atoms with Crippen LogP contribution in [0.4, 0.5) is 0 Å². The van der Waals surface area contributed by atoms with Crippen LogP contribution in [0.15, 0.2) is 12.2 Å². The van der Waals surface area contributed by atoms with Crippen LogP contribution in [0.3, 0.4) is 0 Å². The smallest absolute Gasteiger partial charge is 0.0703 e. The van der Waals surface area contributed by atoms with Crippen molar-refractivity contribution in [1.29, 1.82) is 0 Å². The van der Waals surface area contributed by atoms with Crippen LogP contribution in [0.5, 0.6) is 0 Å². The van der Waals surface area contributed by atoms with Gasteiger partial charge in [-0.25, -0.2) is 0 Å². The lowest BCUT2D eigenvalue weighted by Gasteiger charge is -2.42. The van der Waals surface area contributed by atoms with Crippen LogP contribution in [0.1, 0.15) is 45.4 Å². The van der Waals surface area contributed by atoms with E-state index in [0.29, 0.717) is 0 Å². The molecule has 0 bridgehead atoms. The zero-order valence-corrected chi connectivity index (χ0v) is 9.38. The Morgan fingerprint density at radius 3 is 2.57 bits per heavy atom. The summed E-state index contributed by atoms with van der Waals surface area (Å²) in [5.41, 5.74) is 1.11. The molecule has 1 aliphatic carbocycles. The van der Waals surface area contributed by atoms with Crippen molar-refractivity contribution in [3.05, 3.63) is 12.2 Å². The summed E-state index contributed by atoms with van der Waals surface area (Å²) in [7, 11) is 1.75. The molecular formula is C12H22O2. The number of hydrogen-bond acceptors (Lipinski definition) is 2.